The summed E-state index contributed by atoms with van der Waals surface area (Å²) < 4.78 is 23.0. The first kappa shape index (κ1) is 18.6. The van der Waals surface area contributed by atoms with Crippen molar-refractivity contribution in [2.24, 2.45) is 0 Å². The summed E-state index contributed by atoms with van der Waals surface area (Å²) in [6.07, 6.45) is 0.392. The van der Waals surface area contributed by atoms with E-state index in [0.29, 0.717) is 17.7 Å². The quantitative estimate of drug-likeness (QED) is 0.834. The molecule has 0 radical (unpaired) electrons. The summed E-state index contributed by atoms with van der Waals surface area (Å²) in [5, 5.41) is 14.3. The summed E-state index contributed by atoms with van der Waals surface area (Å²) in [7, 11) is -3.09. The van der Waals surface area contributed by atoms with Crippen LogP contribution < -0.4 is 10.6 Å². The first-order chi connectivity index (χ1) is 12.9. The highest BCUT2D eigenvalue weighted by Crippen LogP contribution is 2.15. The molecule has 1 aliphatic rings. The van der Waals surface area contributed by atoms with Gasteiger partial charge in [-0.15, -0.1) is 0 Å². The van der Waals surface area contributed by atoms with Crippen LogP contribution in [0.3, 0.4) is 0 Å². The van der Waals surface area contributed by atoms with Crippen LogP contribution in [0.4, 0.5) is 5.69 Å². The molecule has 0 bridgehead atoms. The van der Waals surface area contributed by atoms with Crippen LogP contribution in [-0.2, 0) is 9.84 Å². The average molecular weight is 383 g/mol. The molecule has 2 amide bonds. The third-order valence-corrected chi connectivity index (χ3v) is 5.97. The minimum absolute atomic E-state index is 0.0614. The molecule has 0 spiro atoms. The Balaban J connectivity index is 1.70. The topological polar surface area (TPSA) is 116 Å². The molecule has 3 rings (SSSR count). The van der Waals surface area contributed by atoms with Crippen molar-refractivity contribution in [2.75, 3.05) is 16.8 Å². The van der Waals surface area contributed by atoms with Crippen molar-refractivity contribution < 1.29 is 18.0 Å². The molecule has 0 aliphatic carbocycles. The van der Waals surface area contributed by atoms with E-state index in [1.165, 1.54) is 6.07 Å². The summed E-state index contributed by atoms with van der Waals surface area (Å²) >= 11 is 0. The maximum Gasteiger partial charge on any atom is 0.255 e. The highest BCUT2D eigenvalue weighted by atomic mass is 32.2. The van der Waals surface area contributed by atoms with Gasteiger partial charge in [-0.25, -0.2) is 8.42 Å². The van der Waals surface area contributed by atoms with E-state index >= 15 is 0 Å². The van der Waals surface area contributed by atoms with Crippen LogP contribution in [0.25, 0.3) is 0 Å². The molecule has 1 heterocycles. The fourth-order valence-corrected chi connectivity index (χ4v) is 4.52. The number of sulfone groups is 1. The van der Waals surface area contributed by atoms with E-state index in [4.69, 9.17) is 5.26 Å². The largest absolute Gasteiger partial charge is 0.348 e. The van der Waals surface area contributed by atoms with Gasteiger partial charge < -0.3 is 10.6 Å². The molecule has 1 unspecified atom stereocenters. The summed E-state index contributed by atoms with van der Waals surface area (Å²) in [5.41, 5.74) is 1.46. The zero-order chi connectivity index (χ0) is 19.4. The second kappa shape index (κ2) is 7.60. The van der Waals surface area contributed by atoms with Gasteiger partial charge in [-0.05, 0) is 42.8 Å². The molecule has 1 aliphatic heterocycles. The maximum absolute atomic E-state index is 12.4. The van der Waals surface area contributed by atoms with Gasteiger partial charge in [0.25, 0.3) is 11.8 Å². The number of benzene rings is 2. The highest BCUT2D eigenvalue weighted by molar-refractivity contribution is 7.91. The van der Waals surface area contributed by atoms with Crippen molar-refractivity contribution in [3.63, 3.8) is 0 Å². The first-order valence-corrected chi connectivity index (χ1v) is 10.1. The van der Waals surface area contributed by atoms with Gasteiger partial charge in [-0.1, -0.05) is 12.1 Å². The Morgan fingerprint density at radius 2 is 1.74 bits per heavy atom. The molecule has 27 heavy (non-hydrogen) atoms. The van der Waals surface area contributed by atoms with Gasteiger partial charge in [0.1, 0.15) is 0 Å². The van der Waals surface area contributed by atoms with Gasteiger partial charge in [-0.3, -0.25) is 9.59 Å². The molecule has 0 saturated carbocycles. The molecule has 1 fully saturated rings. The van der Waals surface area contributed by atoms with E-state index in [-0.39, 0.29) is 22.6 Å². The number of carbonyl (C=O) groups is 2. The van der Waals surface area contributed by atoms with Crippen LogP contribution in [0.2, 0.25) is 0 Å². The van der Waals surface area contributed by atoms with Crippen molar-refractivity contribution in [3.05, 3.63) is 65.2 Å². The van der Waals surface area contributed by atoms with Gasteiger partial charge in [0.05, 0.1) is 23.1 Å². The standard InChI is InChI=1S/C19H17N3O4S/c20-11-13-3-1-6-16(9-13)21-18(23)14-4-2-5-15(10-14)19(24)22-17-7-8-27(25,26)12-17/h1-6,9-10,17H,7-8,12H2,(H,21,23)(H,22,24). The smallest absolute Gasteiger partial charge is 0.255 e. The van der Waals surface area contributed by atoms with E-state index < -0.39 is 27.7 Å². The third kappa shape index (κ3) is 4.71. The van der Waals surface area contributed by atoms with Crippen LogP contribution in [0.1, 0.15) is 32.7 Å². The maximum atomic E-state index is 12.4. The lowest BCUT2D eigenvalue weighted by molar-refractivity contribution is 0.0941. The number of hydrogen-bond donors (Lipinski definition) is 2. The van der Waals surface area contributed by atoms with Crippen LogP contribution >= 0.6 is 0 Å². The Kier molecular flexibility index (Phi) is 5.23. The van der Waals surface area contributed by atoms with Gasteiger partial charge in [-0.2, -0.15) is 5.26 Å². The predicted molar refractivity (Wildman–Crippen MR) is 100 cm³/mol. The predicted octanol–water partition coefficient (Wildman–Crippen LogP) is 1.73. The zero-order valence-electron chi connectivity index (χ0n) is 14.3. The molecule has 2 N–H and O–H groups in total. The molecule has 8 heteroatoms. The van der Waals surface area contributed by atoms with Crippen LogP contribution in [0, 0.1) is 11.3 Å². The molecular weight excluding hydrogens is 366 g/mol. The highest BCUT2D eigenvalue weighted by Gasteiger charge is 2.29. The van der Waals surface area contributed by atoms with E-state index in [1.807, 2.05) is 6.07 Å². The molecular formula is C19H17N3O4S. The Hall–Kier alpha value is -3.18. The molecule has 1 atom stereocenters. The second-order valence-corrected chi connectivity index (χ2v) is 8.53. The van der Waals surface area contributed by atoms with E-state index in [0.717, 1.165) is 0 Å². The number of nitrogens with one attached hydrogen (secondary N) is 2. The zero-order valence-corrected chi connectivity index (χ0v) is 15.1. The number of nitriles is 1. The lowest BCUT2D eigenvalue weighted by Gasteiger charge is -2.11. The van der Waals surface area contributed by atoms with Crippen molar-refractivity contribution in [1.82, 2.24) is 5.32 Å². The molecule has 0 aromatic heterocycles. The molecule has 1 saturated heterocycles. The fourth-order valence-electron chi connectivity index (χ4n) is 2.85. The van der Waals surface area contributed by atoms with E-state index in [1.54, 1.807) is 42.5 Å². The van der Waals surface area contributed by atoms with Crippen molar-refractivity contribution in [3.8, 4) is 6.07 Å². The van der Waals surface area contributed by atoms with E-state index in [9.17, 15) is 18.0 Å². The number of anilines is 1. The average Bonchev–Trinajstić information content (AvgIpc) is 3.00. The van der Waals surface area contributed by atoms with Gasteiger partial charge in [0, 0.05) is 22.9 Å². The molecule has 138 valence electrons. The molecule has 2 aromatic carbocycles. The van der Waals surface area contributed by atoms with Crippen LogP contribution in [0.5, 0.6) is 0 Å². The number of rotatable bonds is 4. The van der Waals surface area contributed by atoms with E-state index in [2.05, 4.69) is 10.6 Å². The SMILES string of the molecule is N#Cc1cccc(NC(=O)c2cccc(C(=O)NC3CCS(=O)(=O)C3)c2)c1. The van der Waals surface area contributed by atoms with Crippen LogP contribution in [0.15, 0.2) is 48.5 Å². The first-order valence-electron chi connectivity index (χ1n) is 8.29. The third-order valence-electron chi connectivity index (χ3n) is 4.20. The Labute approximate surface area is 156 Å². The Morgan fingerprint density at radius 1 is 1.04 bits per heavy atom. The van der Waals surface area contributed by atoms with Gasteiger partial charge in [0.2, 0.25) is 0 Å². The summed E-state index contributed by atoms with van der Waals surface area (Å²) in [6, 6.07) is 14.3. The van der Waals surface area contributed by atoms with Crippen molar-refractivity contribution >= 4 is 27.3 Å². The minimum atomic E-state index is -3.09. The number of amides is 2. The molecule has 7 nitrogen and oxygen atoms in total. The van der Waals surface area contributed by atoms with Gasteiger partial charge in [0.15, 0.2) is 9.84 Å². The number of nitrogens with zero attached hydrogens (tertiary/aromatic N) is 1. The minimum Gasteiger partial charge on any atom is -0.348 e. The fraction of sp³-hybridized carbons (Fsp3) is 0.211. The van der Waals surface area contributed by atoms with Crippen molar-refractivity contribution in [1.29, 1.82) is 5.26 Å². The second-order valence-electron chi connectivity index (χ2n) is 6.30. The summed E-state index contributed by atoms with van der Waals surface area (Å²) in [5.74, 6) is -0.822. The summed E-state index contributed by atoms with van der Waals surface area (Å²) in [4.78, 5) is 24.8. The van der Waals surface area contributed by atoms with Crippen LogP contribution in [-0.4, -0.2) is 37.8 Å². The van der Waals surface area contributed by atoms with Gasteiger partial charge >= 0.3 is 0 Å². The summed E-state index contributed by atoms with van der Waals surface area (Å²) in [6.45, 7) is 0. The monoisotopic (exact) mass is 383 g/mol. The normalized spacial score (nSPS) is 17.7. The number of carbonyl (C=O) groups excluding carboxylic acids is 2. The number of hydrogen-bond acceptors (Lipinski definition) is 5. The Bertz CT molecular complexity index is 1040. The van der Waals surface area contributed by atoms with Crippen molar-refractivity contribution in [2.45, 2.75) is 12.5 Å². The lowest BCUT2D eigenvalue weighted by atomic mass is 10.1. The Morgan fingerprint density at radius 3 is 2.41 bits per heavy atom. The molecule has 2 aromatic rings. The lowest BCUT2D eigenvalue weighted by Crippen LogP contribution is -2.35.